The van der Waals surface area contributed by atoms with Gasteiger partial charge < -0.3 is 19.1 Å². The molecule has 3 rings (SSSR count). The quantitative estimate of drug-likeness (QED) is 0.550. The molecule has 1 saturated heterocycles. The van der Waals surface area contributed by atoms with Gasteiger partial charge in [-0.15, -0.1) is 0 Å². The number of alkyl halides is 3. The van der Waals surface area contributed by atoms with E-state index in [1.54, 1.807) is 13.8 Å². The van der Waals surface area contributed by atoms with Gasteiger partial charge in [0.25, 0.3) is 5.69 Å². The monoisotopic (exact) mass is 404 g/mol. The minimum Gasteiger partial charge on any atom is -0.454 e. The Kier molecular flexibility index (Phi) is 5.26. The van der Waals surface area contributed by atoms with Crippen LogP contribution < -0.4 is 9.47 Å². The molecular formula is C17H19F3N2O6. The van der Waals surface area contributed by atoms with E-state index in [1.807, 2.05) is 0 Å². The lowest BCUT2D eigenvalue weighted by atomic mass is 9.98. The molecule has 8 nitrogen and oxygen atoms in total. The lowest BCUT2D eigenvalue weighted by molar-refractivity contribution is -0.387. The van der Waals surface area contributed by atoms with Crippen molar-refractivity contribution in [3.05, 3.63) is 27.8 Å². The van der Waals surface area contributed by atoms with Crippen LogP contribution >= 0.6 is 0 Å². The number of likely N-dealkylation sites (tertiary alicyclic amines) is 1. The Morgan fingerprint density at radius 2 is 1.82 bits per heavy atom. The van der Waals surface area contributed by atoms with Crippen molar-refractivity contribution in [1.82, 2.24) is 4.90 Å². The molecule has 0 spiro atoms. The van der Waals surface area contributed by atoms with E-state index >= 15 is 0 Å². The molecule has 0 N–H and O–H groups in total. The number of benzene rings is 1. The third-order valence-corrected chi connectivity index (χ3v) is 4.92. The minimum atomic E-state index is -5.06. The van der Waals surface area contributed by atoms with Crippen LogP contribution in [0.1, 0.15) is 44.8 Å². The number of ether oxygens (including phenoxy) is 3. The van der Waals surface area contributed by atoms with E-state index in [2.05, 4.69) is 0 Å². The number of hydrogen-bond acceptors (Lipinski definition) is 6. The zero-order chi connectivity index (χ0) is 20.6. The first-order valence-corrected chi connectivity index (χ1v) is 8.73. The molecule has 1 aromatic carbocycles. The summed E-state index contributed by atoms with van der Waals surface area (Å²) in [5.41, 5.74) is -1.67. The standard InChI is InChI=1S/C17H19F3N2O6/c1-9-4-3-5-10(2)21(9)16(23)28-15(17(18,19)20)11-6-13-14(27-8-26-13)7-12(11)22(24)25/h6-7,9-10,15H,3-5,8H2,1-2H3/t9-,10+,15?. The van der Waals surface area contributed by atoms with Crippen molar-refractivity contribution in [2.75, 3.05) is 6.79 Å². The Bertz CT molecular complexity index is 775. The molecule has 2 aliphatic heterocycles. The maximum absolute atomic E-state index is 13.7. The third-order valence-electron chi connectivity index (χ3n) is 4.92. The van der Waals surface area contributed by atoms with Crippen LogP contribution in [0, 0.1) is 10.1 Å². The highest BCUT2D eigenvalue weighted by Crippen LogP contribution is 2.46. The zero-order valence-electron chi connectivity index (χ0n) is 15.2. The average molecular weight is 404 g/mol. The van der Waals surface area contributed by atoms with Gasteiger partial charge in [0.2, 0.25) is 12.9 Å². The van der Waals surface area contributed by atoms with Crippen molar-refractivity contribution < 1.29 is 37.1 Å². The predicted molar refractivity (Wildman–Crippen MR) is 89.1 cm³/mol. The molecule has 2 aliphatic rings. The number of nitrogens with zero attached hydrogens (tertiary/aromatic N) is 2. The van der Waals surface area contributed by atoms with Gasteiger partial charge in [-0.1, -0.05) is 0 Å². The van der Waals surface area contributed by atoms with Gasteiger partial charge in [0.15, 0.2) is 11.5 Å². The van der Waals surface area contributed by atoms with Crippen LogP contribution in [0.3, 0.4) is 0 Å². The number of hydrogen-bond donors (Lipinski definition) is 0. The Morgan fingerprint density at radius 1 is 1.25 bits per heavy atom. The van der Waals surface area contributed by atoms with E-state index in [-0.39, 0.29) is 30.4 Å². The van der Waals surface area contributed by atoms with Crippen LogP contribution in [0.2, 0.25) is 0 Å². The van der Waals surface area contributed by atoms with Crippen LogP contribution in [0.25, 0.3) is 0 Å². The second-order valence-corrected chi connectivity index (χ2v) is 6.86. The van der Waals surface area contributed by atoms with E-state index in [0.29, 0.717) is 12.8 Å². The summed E-state index contributed by atoms with van der Waals surface area (Å²) in [7, 11) is 0. The normalized spacial score (nSPS) is 22.7. The minimum absolute atomic E-state index is 0.0408. The Labute approximate surface area is 158 Å². The van der Waals surface area contributed by atoms with E-state index in [9.17, 15) is 28.1 Å². The lowest BCUT2D eigenvalue weighted by Gasteiger charge is -2.38. The van der Waals surface area contributed by atoms with Crippen LogP contribution in [0.15, 0.2) is 12.1 Å². The molecule has 154 valence electrons. The number of amides is 1. The molecule has 0 aliphatic carbocycles. The summed E-state index contributed by atoms with van der Waals surface area (Å²) in [6, 6.07) is 1.10. The molecule has 0 bridgehead atoms. The van der Waals surface area contributed by atoms with Crippen molar-refractivity contribution in [1.29, 1.82) is 0 Å². The van der Waals surface area contributed by atoms with E-state index in [0.717, 1.165) is 18.6 Å². The number of carbonyl (C=O) groups excluding carboxylic acids is 1. The van der Waals surface area contributed by atoms with Crippen molar-refractivity contribution in [3.8, 4) is 11.5 Å². The molecule has 0 radical (unpaired) electrons. The second kappa shape index (κ2) is 7.36. The molecule has 28 heavy (non-hydrogen) atoms. The number of fused-ring (bicyclic) bond motifs is 1. The fourth-order valence-corrected chi connectivity index (χ4v) is 3.56. The Hall–Kier alpha value is -2.72. The van der Waals surface area contributed by atoms with Crippen LogP contribution in [0.4, 0.5) is 23.7 Å². The van der Waals surface area contributed by atoms with Gasteiger partial charge in [0.1, 0.15) is 0 Å². The van der Waals surface area contributed by atoms with Crippen LogP contribution in [0.5, 0.6) is 11.5 Å². The molecule has 11 heteroatoms. The number of piperidine rings is 1. The van der Waals surface area contributed by atoms with Gasteiger partial charge in [0, 0.05) is 12.1 Å². The van der Waals surface area contributed by atoms with Crippen molar-refractivity contribution in [2.45, 2.75) is 57.5 Å². The summed E-state index contributed by atoms with van der Waals surface area (Å²) >= 11 is 0. The van der Waals surface area contributed by atoms with Crippen LogP contribution in [-0.2, 0) is 4.74 Å². The fourth-order valence-electron chi connectivity index (χ4n) is 3.56. The first-order chi connectivity index (χ1) is 13.1. The van der Waals surface area contributed by atoms with Crippen LogP contribution in [-0.4, -0.2) is 41.0 Å². The highest BCUT2D eigenvalue weighted by molar-refractivity contribution is 5.69. The Morgan fingerprint density at radius 3 is 2.36 bits per heavy atom. The topological polar surface area (TPSA) is 91.1 Å². The first-order valence-electron chi connectivity index (χ1n) is 8.73. The largest absolute Gasteiger partial charge is 0.454 e. The Balaban J connectivity index is 1.98. The molecule has 0 aromatic heterocycles. The van der Waals surface area contributed by atoms with Gasteiger partial charge in [-0.3, -0.25) is 10.1 Å². The van der Waals surface area contributed by atoms with E-state index in [1.165, 1.54) is 4.90 Å². The van der Waals surface area contributed by atoms with E-state index in [4.69, 9.17) is 14.2 Å². The van der Waals surface area contributed by atoms with Crippen molar-refractivity contribution in [2.24, 2.45) is 0 Å². The van der Waals surface area contributed by atoms with Gasteiger partial charge in [-0.25, -0.2) is 4.79 Å². The molecule has 1 unspecified atom stereocenters. The number of nitro groups is 1. The maximum Gasteiger partial charge on any atom is 0.430 e. The summed E-state index contributed by atoms with van der Waals surface area (Å²) in [5, 5.41) is 11.3. The highest BCUT2D eigenvalue weighted by atomic mass is 19.4. The molecule has 2 heterocycles. The summed E-state index contributed by atoms with van der Waals surface area (Å²) in [5.74, 6) is -0.119. The van der Waals surface area contributed by atoms with Crippen molar-refractivity contribution in [3.63, 3.8) is 0 Å². The molecule has 3 atom stereocenters. The summed E-state index contributed by atoms with van der Waals surface area (Å²) in [6.45, 7) is 3.18. The summed E-state index contributed by atoms with van der Waals surface area (Å²) in [4.78, 5) is 24.2. The second-order valence-electron chi connectivity index (χ2n) is 6.86. The molecule has 1 amide bonds. The smallest absolute Gasteiger partial charge is 0.430 e. The van der Waals surface area contributed by atoms with Gasteiger partial charge in [-0.05, 0) is 39.2 Å². The summed E-state index contributed by atoms with van der Waals surface area (Å²) < 4.78 is 56.0. The average Bonchev–Trinajstić information content (AvgIpc) is 3.04. The molecular weight excluding hydrogens is 385 g/mol. The first kappa shape index (κ1) is 20.0. The molecule has 1 fully saturated rings. The fraction of sp³-hybridized carbons (Fsp3) is 0.588. The van der Waals surface area contributed by atoms with Gasteiger partial charge in [0.05, 0.1) is 16.6 Å². The predicted octanol–water partition coefficient (Wildman–Crippen LogP) is 4.33. The van der Waals surface area contributed by atoms with Gasteiger partial charge in [-0.2, -0.15) is 13.2 Å². The van der Waals surface area contributed by atoms with E-state index < -0.39 is 34.5 Å². The maximum atomic E-state index is 13.7. The highest BCUT2D eigenvalue weighted by Gasteiger charge is 2.49. The zero-order valence-corrected chi connectivity index (χ0v) is 15.2. The lowest BCUT2D eigenvalue weighted by Crippen LogP contribution is -2.48. The number of halogens is 3. The third kappa shape index (κ3) is 3.78. The molecule has 1 aromatic rings. The molecule has 0 saturated carbocycles. The number of rotatable bonds is 3. The SMILES string of the molecule is C[C@@H]1CCC[C@H](C)N1C(=O)OC(c1cc2c(cc1[N+](=O)[O-])OCO2)C(F)(F)F. The summed E-state index contributed by atoms with van der Waals surface area (Å²) in [6.07, 6.45) is -6.90. The number of carbonyl (C=O) groups is 1. The van der Waals surface area contributed by atoms with Gasteiger partial charge >= 0.3 is 12.3 Å². The number of nitro benzene ring substituents is 1. The van der Waals surface area contributed by atoms with Crippen molar-refractivity contribution >= 4 is 11.8 Å².